The number of imidazole rings is 1. The van der Waals surface area contributed by atoms with E-state index in [0.717, 1.165) is 57.4 Å². The fourth-order valence-electron chi connectivity index (χ4n) is 3.99. The number of amides is 1. The molecular weight excluding hydrogens is 380 g/mol. The number of hydrogen-bond acceptors (Lipinski definition) is 4. The lowest BCUT2D eigenvalue weighted by molar-refractivity contribution is 0.0709. The highest BCUT2D eigenvalue weighted by molar-refractivity contribution is 7.17. The van der Waals surface area contributed by atoms with Crippen molar-refractivity contribution in [2.45, 2.75) is 25.7 Å². The maximum Gasteiger partial charge on any atom is 0.265 e. The molecular formula is C23H22N4OS. The molecule has 5 nitrogen and oxygen atoms in total. The number of likely N-dealkylation sites (tertiary alicyclic amines) is 1. The molecule has 3 heterocycles. The molecule has 1 fully saturated rings. The van der Waals surface area contributed by atoms with E-state index in [4.69, 9.17) is 4.98 Å². The number of carbonyl (C=O) groups is 1. The van der Waals surface area contributed by atoms with Crippen molar-refractivity contribution in [1.29, 1.82) is 0 Å². The van der Waals surface area contributed by atoms with Crippen LogP contribution in [-0.4, -0.2) is 38.8 Å². The molecule has 29 heavy (non-hydrogen) atoms. The molecule has 2 aromatic heterocycles. The maximum atomic E-state index is 13.3. The maximum absolute atomic E-state index is 13.3. The summed E-state index contributed by atoms with van der Waals surface area (Å²) in [5, 5.41) is 0.900. The first-order valence-electron chi connectivity index (χ1n) is 9.96. The summed E-state index contributed by atoms with van der Waals surface area (Å²) in [6.07, 6.45) is 2.03. The van der Waals surface area contributed by atoms with Gasteiger partial charge in [-0.2, -0.15) is 0 Å². The second kappa shape index (κ2) is 7.44. The Hall–Kier alpha value is -2.99. The van der Waals surface area contributed by atoms with Crippen LogP contribution in [0.2, 0.25) is 0 Å². The van der Waals surface area contributed by atoms with Gasteiger partial charge >= 0.3 is 0 Å². The molecule has 6 heteroatoms. The quantitative estimate of drug-likeness (QED) is 0.524. The van der Waals surface area contributed by atoms with Crippen molar-refractivity contribution in [3.8, 4) is 10.6 Å². The van der Waals surface area contributed by atoms with Crippen molar-refractivity contribution < 1.29 is 4.79 Å². The summed E-state index contributed by atoms with van der Waals surface area (Å²) in [6, 6.07) is 18.1. The first-order chi connectivity index (χ1) is 14.2. The lowest BCUT2D eigenvalue weighted by Gasteiger charge is -2.31. The van der Waals surface area contributed by atoms with Gasteiger partial charge in [0.05, 0.1) is 16.7 Å². The number of nitrogens with one attached hydrogen (secondary N) is 1. The Morgan fingerprint density at radius 3 is 2.72 bits per heavy atom. The molecule has 1 amide bonds. The second-order valence-corrected chi connectivity index (χ2v) is 8.53. The highest BCUT2D eigenvalue weighted by atomic mass is 32.1. The van der Waals surface area contributed by atoms with E-state index in [1.807, 2.05) is 66.4 Å². The minimum Gasteiger partial charge on any atom is -0.342 e. The van der Waals surface area contributed by atoms with Gasteiger partial charge in [-0.1, -0.05) is 42.5 Å². The molecule has 0 spiro atoms. The molecule has 1 aliphatic rings. The standard InChI is InChI=1S/C23H22N4OS/c1-15-20(29-22(24-15)16-8-3-2-4-9-16)23(28)27-13-7-10-17(14-27)21-25-18-11-5-6-12-19(18)26-21/h2-6,8-9,11-12,17H,7,10,13-14H2,1H3,(H,25,26). The summed E-state index contributed by atoms with van der Waals surface area (Å²) in [5.41, 5.74) is 3.90. The van der Waals surface area contributed by atoms with Crippen LogP contribution in [0.25, 0.3) is 21.6 Å². The summed E-state index contributed by atoms with van der Waals surface area (Å²) >= 11 is 1.49. The molecule has 1 saturated heterocycles. The zero-order valence-electron chi connectivity index (χ0n) is 16.3. The molecule has 1 unspecified atom stereocenters. The number of aromatic nitrogens is 3. The molecule has 2 aromatic carbocycles. The summed E-state index contributed by atoms with van der Waals surface area (Å²) < 4.78 is 0. The molecule has 1 atom stereocenters. The summed E-state index contributed by atoms with van der Waals surface area (Å²) in [7, 11) is 0. The van der Waals surface area contributed by atoms with Crippen molar-refractivity contribution in [3.05, 3.63) is 71.0 Å². The van der Waals surface area contributed by atoms with Gasteiger partial charge in [0.25, 0.3) is 5.91 Å². The zero-order chi connectivity index (χ0) is 19.8. The van der Waals surface area contributed by atoms with Crippen molar-refractivity contribution in [2.75, 3.05) is 13.1 Å². The normalized spacial score (nSPS) is 17.0. The molecule has 0 aliphatic carbocycles. The van der Waals surface area contributed by atoms with E-state index >= 15 is 0 Å². The van der Waals surface area contributed by atoms with Crippen molar-refractivity contribution in [3.63, 3.8) is 0 Å². The van der Waals surface area contributed by atoms with Gasteiger partial charge < -0.3 is 9.88 Å². The average molecular weight is 403 g/mol. The van der Waals surface area contributed by atoms with E-state index in [2.05, 4.69) is 9.97 Å². The molecule has 4 aromatic rings. The Balaban J connectivity index is 1.38. The van der Waals surface area contributed by atoms with Crippen molar-refractivity contribution >= 4 is 28.3 Å². The predicted molar refractivity (Wildman–Crippen MR) is 116 cm³/mol. The highest BCUT2D eigenvalue weighted by Gasteiger charge is 2.29. The fourth-order valence-corrected chi connectivity index (χ4v) is 5.03. The molecule has 1 N–H and O–H groups in total. The van der Waals surface area contributed by atoms with Crippen molar-refractivity contribution in [1.82, 2.24) is 19.9 Å². The summed E-state index contributed by atoms with van der Waals surface area (Å²) in [5.74, 6) is 1.31. The van der Waals surface area contributed by atoms with E-state index in [1.165, 1.54) is 11.3 Å². The van der Waals surface area contributed by atoms with Gasteiger partial charge in [0.1, 0.15) is 15.7 Å². The van der Waals surface area contributed by atoms with Crippen molar-refractivity contribution in [2.24, 2.45) is 0 Å². The Bertz CT molecular complexity index is 1130. The summed E-state index contributed by atoms with van der Waals surface area (Å²) in [6.45, 7) is 3.40. The van der Waals surface area contributed by atoms with Crippen LogP contribution in [0.3, 0.4) is 0 Å². The lowest BCUT2D eigenvalue weighted by Crippen LogP contribution is -2.39. The number of hydrogen-bond donors (Lipinski definition) is 1. The van der Waals surface area contributed by atoms with Gasteiger partial charge in [0.2, 0.25) is 0 Å². The van der Waals surface area contributed by atoms with Crippen LogP contribution in [0.15, 0.2) is 54.6 Å². The van der Waals surface area contributed by atoms with Crippen LogP contribution in [0.1, 0.15) is 39.9 Å². The number of rotatable bonds is 3. The van der Waals surface area contributed by atoms with Gasteiger partial charge in [0, 0.05) is 24.6 Å². The second-order valence-electron chi connectivity index (χ2n) is 7.53. The minimum atomic E-state index is 0.0861. The fraction of sp³-hybridized carbons (Fsp3) is 0.261. The zero-order valence-corrected chi connectivity index (χ0v) is 17.1. The molecule has 1 aliphatic heterocycles. The first kappa shape index (κ1) is 18.1. The number of aryl methyl sites for hydroxylation is 1. The number of thiazole rings is 1. The number of fused-ring (bicyclic) bond motifs is 1. The number of piperidine rings is 1. The SMILES string of the molecule is Cc1nc(-c2ccccc2)sc1C(=O)N1CCCC(c2nc3ccccc3[nH]2)C1. The van der Waals surface area contributed by atoms with Crippen LogP contribution < -0.4 is 0 Å². The number of nitrogens with zero attached hydrogens (tertiary/aromatic N) is 3. The average Bonchev–Trinajstić information content (AvgIpc) is 3.38. The van der Waals surface area contributed by atoms with Gasteiger partial charge in [-0.3, -0.25) is 4.79 Å². The minimum absolute atomic E-state index is 0.0861. The largest absolute Gasteiger partial charge is 0.342 e. The van der Waals surface area contributed by atoms with E-state index in [0.29, 0.717) is 6.54 Å². The monoisotopic (exact) mass is 402 g/mol. The summed E-state index contributed by atoms with van der Waals surface area (Å²) in [4.78, 5) is 28.9. The van der Waals surface area contributed by atoms with Gasteiger partial charge in [-0.05, 0) is 31.9 Å². The first-order valence-corrected chi connectivity index (χ1v) is 10.8. The Kier molecular flexibility index (Phi) is 4.64. The Morgan fingerprint density at radius 2 is 1.90 bits per heavy atom. The number of carbonyl (C=O) groups excluding carboxylic acids is 1. The van der Waals surface area contributed by atoms with E-state index in [-0.39, 0.29) is 11.8 Å². The van der Waals surface area contributed by atoms with Gasteiger partial charge in [-0.25, -0.2) is 9.97 Å². The van der Waals surface area contributed by atoms with Crippen LogP contribution in [0.5, 0.6) is 0 Å². The van der Waals surface area contributed by atoms with E-state index < -0.39 is 0 Å². The van der Waals surface area contributed by atoms with E-state index in [9.17, 15) is 4.79 Å². The van der Waals surface area contributed by atoms with Crippen LogP contribution in [-0.2, 0) is 0 Å². The van der Waals surface area contributed by atoms with Crippen LogP contribution in [0.4, 0.5) is 0 Å². The van der Waals surface area contributed by atoms with Crippen LogP contribution in [0, 0.1) is 6.92 Å². The van der Waals surface area contributed by atoms with E-state index in [1.54, 1.807) is 0 Å². The van der Waals surface area contributed by atoms with Gasteiger partial charge in [-0.15, -0.1) is 11.3 Å². The smallest absolute Gasteiger partial charge is 0.265 e. The third-order valence-corrected chi connectivity index (χ3v) is 6.71. The number of aromatic amines is 1. The van der Waals surface area contributed by atoms with Gasteiger partial charge in [0.15, 0.2) is 0 Å². The molecule has 5 rings (SSSR count). The third-order valence-electron chi connectivity index (χ3n) is 5.51. The molecule has 146 valence electrons. The highest BCUT2D eigenvalue weighted by Crippen LogP contribution is 2.31. The molecule has 0 bridgehead atoms. The topological polar surface area (TPSA) is 61.9 Å². The predicted octanol–water partition coefficient (Wildman–Crippen LogP) is 5.01. The number of H-pyrrole nitrogens is 1. The molecule has 0 radical (unpaired) electrons. The third kappa shape index (κ3) is 3.44. The Morgan fingerprint density at radius 1 is 1.10 bits per heavy atom. The Labute approximate surface area is 173 Å². The van der Waals surface area contributed by atoms with Crippen LogP contribution >= 0.6 is 11.3 Å². The number of benzene rings is 2. The lowest BCUT2D eigenvalue weighted by atomic mass is 9.97. The molecule has 0 saturated carbocycles. The number of para-hydroxylation sites is 2.